The Labute approximate surface area is 212 Å². The number of nitrogens with zero attached hydrogens (tertiary/aromatic N) is 2. The Morgan fingerprint density at radius 3 is 2.39 bits per heavy atom. The van der Waals surface area contributed by atoms with Crippen LogP contribution in [0.4, 0.5) is 4.79 Å². The third-order valence-electron chi connectivity index (χ3n) is 7.14. The smallest absolute Gasteiger partial charge is 0.325 e. The zero-order chi connectivity index (χ0) is 25.4. The summed E-state index contributed by atoms with van der Waals surface area (Å²) in [6.45, 7) is 3.22. The Balaban J connectivity index is 1.40. The maximum atomic E-state index is 13.6. The van der Waals surface area contributed by atoms with Crippen LogP contribution in [-0.4, -0.2) is 59.4 Å². The highest BCUT2D eigenvalue weighted by molar-refractivity contribution is 6.07. The lowest BCUT2D eigenvalue weighted by atomic mass is 9.74. The molecule has 36 heavy (non-hydrogen) atoms. The van der Waals surface area contributed by atoms with Crippen molar-refractivity contribution in [2.24, 2.45) is 5.92 Å². The first-order valence-electron chi connectivity index (χ1n) is 12.6. The number of likely N-dealkylation sites (tertiary alicyclic amines) is 1. The van der Waals surface area contributed by atoms with Crippen molar-refractivity contribution in [3.63, 3.8) is 0 Å². The molecule has 0 aromatic heterocycles. The molecule has 2 aromatic rings. The molecule has 2 heterocycles. The molecular formula is C29H33N3O4. The topological polar surface area (TPSA) is 79.0 Å². The largest absolute Gasteiger partial charge is 0.493 e. The summed E-state index contributed by atoms with van der Waals surface area (Å²) in [6, 6.07) is 19.1. The second-order valence-corrected chi connectivity index (χ2v) is 9.27. The van der Waals surface area contributed by atoms with Gasteiger partial charge in [0, 0.05) is 13.1 Å². The third-order valence-corrected chi connectivity index (χ3v) is 7.14. The molecule has 7 nitrogen and oxygen atoms in total. The Hall–Kier alpha value is -3.79. The summed E-state index contributed by atoms with van der Waals surface area (Å²) in [5.74, 6) is 6.15. The van der Waals surface area contributed by atoms with E-state index < -0.39 is 5.54 Å². The number of nitrogens with one attached hydrogen (secondary N) is 1. The maximum absolute atomic E-state index is 13.6. The van der Waals surface area contributed by atoms with Crippen molar-refractivity contribution in [1.82, 2.24) is 15.1 Å². The fourth-order valence-electron chi connectivity index (χ4n) is 5.14. The fourth-order valence-corrected chi connectivity index (χ4v) is 5.14. The van der Waals surface area contributed by atoms with Gasteiger partial charge in [0.25, 0.3) is 5.91 Å². The van der Waals surface area contributed by atoms with Crippen LogP contribution in [0.15, 0.2) is 60.7 Å². The van der Waals surface area contributed by atoms with E-state index >= 15 is 0 Å². The van der Waals surface area contributed by atoms with Crippen molar-refractivity contribution in [2.75, 3.05) is 26.2 Å². The van der Waals surface area contributed by atoms with Crippen molar-refractivity contribution in [3.8, 4) is 17.6 Å². The second-order valence-electron chi connectivity index (χ2n) is 9.27. The number of para-hydroxylation sites is 1. The van der Waals surface area contributed by atoms with Crippen LogP contribution in [0.3, 0.4) is 0 Å². The van der Waals surface area contributed by atoms with Crippen LogP contribution < -0.4 is 10.1 Å². The number of hydrogen-bond donors (Lipinski definition) is 1. The van der Waals surface area contributed by atoms with Gasteiger partial charge in [-0.2, -0.15) is 0 Å². The molecule has 0 radical (unpaired) electrons. The van der Waals surface area contributed by atoms with Crippen molar-refractivity contribution < 1.29 is 19.1 Å². The van der Waals surface area contributed by atoms with E-state index in [0.29, 0.717) is 51.8 Å². The second kappa shape index (κ2) is 11.8. The van der Waals surface area contributed by atoms with Gasteiger partial charge in [0.15, 0.2) is 0 Å². The quantitative estimate of drug-likeness (QED) is 0.433. The van der Waals surface area contributed by atoms with E-state index in [0.717, 1.165) is 11.3 Å². The molecule has 0 unspecified atom stereocenters. The first-order valence-corrected chi connectivity index (χ1v) is 12.6. The lowest BCUT2D eigenvalue weighted by Crippen LogP contribution is -2.57. The van der Waals surface area contributed by atoms with Gasteiger partial charge in [-0.05, 0) is 56.2 Å². The van der Waals surface area contributed by atoms with E-state index in [-0.39, 0.29) is 30.3 Å². The number of imide groups is 1. The molecule has 4 amide bonds. The van der Waals surface area contributed by atoms with E-state index in [1.54, 1.807) is 6.92 Å². The highest BCUT2D eigenvalue weighted by Crippen LogP contribution is 2.37. The van der Waals surface area contributed by atoms with Crippen LogP contribution in [0.5, 0.6) is 5.75 Å². The van der Waals surface area contributed by atoms with Gasteiger partial charge >= 0.3 is 6.03 Å². The highest BCUT2D eigenvalue weighted by atomic mass is 16.5. The zero-order valence-electron chi connectivity index (χ0n) is 20.7. The number of rotatable bonds is 9. The van der Waals surface area contributed by atoms with Crippen molar-refractivity contribution >= 4 is 17.8 Å². The van der Waals surface area contributed by atoms with E-state index in [1.807, 2.05) is 65.6 Å². The van der Waals surface area contributed by atoms with Gasteiger partial charge in [-0.1, -0.05) is 54.5 Å². The Morgan fingerprint density at radius 1 is 1.06 bits per heavy atom. The van der Waals surface area contributed by atoms with Gasteiger partial charge in [0.05, 0.1) is 19.6 Å². The number of benzene rings is 2. The number of amides is 4. The average Bonchev–Trinajstić information content (AvgIpc) is 3.16. The normalized spacial score (nSPS) is 20.0. The SMILES string of the molecule is CC#CCN1C(=O)N[C@](CCc2ccccc2)(C2CCN(C(=O)CCOc3ccccc3)CC2)C1=O. The third kappa shape index (κ3) is 5.71. The molecule has 188 valence electrons. The summed E-state index contributed by atoms with van der Waals surface area (Å²) >= 11 is 0. The summed E-state index contributed by atoms with van der Waals surface area (Å²) in [5.41, 5.74) is 0.144. The first kappa shape index (κ1) is 25.3. The highest BCUT2D eigenvalue weighted by Gasteiger charge is 2.55. The molecule has 2 aliphatic heterocycles. The van der Waals surface area contributed by atoms with E-state index in [9.17, 15) is 14.4 Å². The van der Waals surface area contributed by atoms with Gasteiger partial charge in [0.2, 0.25) is 5.91 Å². The van der Waals surface area contributed by atoms with Gasteiger partial charge in [0.1, 0.15) is 11.3 Å². The van der Waals surface area contributed by atoms with Crippen LogP contribution in [-0.2, 0) is 16.0 Å². The number of ether oxygens (including phenoxy) is 1. The number of carbonyl (C=O) groups excluding carboxylic acids is 3. The molecule has 2 aliphatic rings. The Kier molecular flexibility index (Phi) is 8.27. The van der Waals surface area contributed by atoms with Crippen LogP contribution in [0.2, 0.25) is 0 Å². The molecule has 2 saturated heterocycles. The van der Waals surface area contributed by atoms with Gasteiger partial charge in [-0.25, -0.2) is 4.79 Å². The molecule has 4 rings (SSSR count). The molecule has 2 fully saturated rings. The van der Waals surface area contributed by atoms with Gasteiger partial charge in [-0.3, -0.25) is 14.5 Å². The molecular weight excluding hydrogens is 454 g/mol. The van der Waals surface area contributed by atoms with Crippen molar-refractivity contribution in [1.29, 1.82) is 0 Å². The zero-order valence-corrected chi connectivity index (χ0v) is 20.7. The van der Waals surface area contributed by atoms with Gasteiger partial charge < -0.3 is 15.0 Å². The lowest BCUT2D eigenvalue weighted by molar-refractivity contribution is -0.136. The number of carbonyl (C=O) groups is 3. The molecule has 0 bridgehead atoms. The number of piperidine rings is 1. The van der Waals surface area contributed by atoms with Crippen molar-refractivity contribution in [2.45, 2.75) is 44.6 Å². The predicted octanol–water partition coefficient (Wildman–Crippen LogP) is 3.64. The predicted molar refractivity (Wildman–Crippen MR) is 137 cm³/mol. The summed E-state index contributed by atoms with van der Waals surface area (Å²) in [4.78, 5) is 42.3. The van der Waals surface area contributed by atoms with E-state index in [2.05, 4.69) is 17.2 Å². The fraction of sp³-hybridized carbons (Fsp3) is 0.414. The molecule has 0 aliphatic carbocycles. The summed E-state index contributed by atoms with van der Waals surface area (Å²) in [6.07, 6.45) is 2.80. The Bertz CT molecular complexity index is 1120. The van der Waals surface area contributed by atoms with Crippen molar-refractivity contribution in [3.05, 3.63) is 66.2 Å². The van der Waals surface area contributed by atoms with Crippen LogP contribution in [0.25, 0.3) is 0 Å². The minimum atomic E-state index is -0.978. The molecule has 0 spiro atoms. The first-order chi connectivity index (χ1) is 17.5. The van der Waals surface area contributed by atoms with E-state index in [1.165, 1.54) is 4.90 Å². The number of hydrogen-bond acceptors (Lipinski definition) is 4. The Morgan fingerprint density at radius 2 is 1.72 bits per heavy atom. The summed E-state index contributed by atoms with van der Waals surface area (Å²) < 4.78 is 5.67. The number of aryl methyl sites for hydroxylation is 1. The monoisotopic (exact) mass is 487 g/mol. The molecule has 0 saturated carbocycles. The average molecular weight is 488 g/mol. The maximum Gasteiger partial charge on any atom is 0.325 e. The summed E-state index contributed by atoms with van der Waals surface area (Å²) in [5, 5.41) is 3.06. The van der Waals surface area contributed by atoms with E-state index in [4.69, 9.17) is 4.74 Å². The molecule has 1 atom stereocenters. The van der Waals surface area contributed by atoms with Crippen LogP contribution in [0.1, 0.15) is 38.2 Å². The van der Waals surface area contributed by atoms with Crippen LogP contribution >= 0.6 is 0 Å². The number of urea groups is 1. The minimum absolute atomic E-state index is 0.0457. The standard InChI is InChI=1S/C29H33N3O4/c1-2-3-19-32-27(34)29(30-28(32)35,18-14-23-10-6-4-7-11-23)24-15-20-31(21-16-24)26(33)17-22-36-25-12-8-5-9-13-25/h4-13,24H,14-22H2,1H3,(H,30,35)/t29-/m1/s1. The minimum Gasteiger partial charge on any atom is -0.493 e. The molecule has 2 aromatic carbocycles. The summed E-state index contributed by atoms with van der Waals surface area (Å²) in [7, 11) is 0. The van der Waals surface area contributed by atoms with Crippen LogP contribution in [0, 0.1) is 17.8 Å². The molecule has 1 N–H and O–H groups in total. The molecule has 7 heteroatoms. The lowest BCUT2D eigenvalue weighted by Gasteiger charge is -2.41. The van der Waals surface area contributed by atoms with Gasteiger partial charge in [-0.15, -0.1) is 5.92 Å².